The summed E-state index contributed by atoms with van der Waals surface area (Å²) in [5.74, 6) is -4.15. The van der Waals surface area contributed by atoms with Crippen LogP contribution in [0.25, 0.3) is 11.4 Å². The van der Waals surface area contributed by atoms with Gasteiger partial charge in [-0.1, -0.05) is 5.16 Å². The molecule has 0 amide bonds. The van der Waals surface area contributed by atoms with Crippen molar-refractivity contribution >= 4 is 5.78 Å². The van der Waals surface area contributed by atoms with Gasteiger partial charge in [0.1, 0.15) is 5.78 Å². The molecule has 1 aromatic carbocycles. The maximum Gasteiger partial charge on any atom is 0.234 e. The van der Waals surface area contributed by atoms with E-state index in [2.05, 4.69) is 10.1 Å². The van der Waals surface area contributed by atoms with Crippen LogP contribution in [-0.2, 0) is 11.2 Å². The van der Waals surface area contributed by atoms with Crippen LogP contribution in [0.5, 0.6) is 0 Å². The average Bonchev–Trinajstić information content (AvgIpc) is 3.16. The van der Waals surface area contributed by atoms with Gasteiger partial charge in [0.2, 0.25) is 11.7 Å². The summed E-state index contributed by atoms with van der Waals surface area (Å²) in [5, 5.41) is 3.54. The number of carbonyl (C=O) groups is 1. The van der Waals surface area contributed by atoms with Crippen molar-refractivity contribution in [2.75, 3.05) is 0 Å². The van der Waals surface area contributed by atoms with Gasteiger partial charge in [-0.25, -0.2) is 13.2 Å². The average molecular weight is 282 g/mol. The van der Waals surface area contributed by atoms with Gasteiger partial charge in [-0.2, -0.15) is 4.98 Å². The normalized spacial score (nSPS) is 14.6. The van der Waals surface area contributed by atoms with Crippen LogP contribution in [-0.4, -0.2) is 15.9 Å². The van der Waals surface area contributed by atoms with Crippen molar-refractivity contribution in [2.24, 2.45) is 5.92 Å². The van der Waals surface area contributed by atoms with Gasteiger partial charge < -0.3 is 4.52 Å². The first kappa shape index (κ1) is 12.8. The standard InChI is InChI=1S/C13H9F3N2O2/c14-8-3-7(4-9(15)12(8)16)13-17-11(20-18-13)5-10(19)6-1-2-6/h3-4,6H,1-2,5H2. The molecule has 1 aromatic heterocycles. The van der Waals surface area contributed by atoms with Crippen LogP contribution in [0.2, 0.25) is 0 Å². The first-order valence-corrected chi connectivity index (χ1v) is 6.05. The maximum absolute atomic E-state index is 13.1. The molecular weight excluding hydrogens is 273 g/mol. The van der Waals surface area contributed by atoms with Gasteiger partial charge in [-0.05, 0) is 25.0 Å². The number of nitrogens with zero attached hydrogens (tertiary/aromatic N) is 2. The molecule has 0 spiro atoms. The first-order valence-electron chi connectivity index (χ1n) is 6.05. The van der Waals surface area contributed by atoms with E-state index >= 15 is 0 Å². The van der Waals surface area contributed by atoms with Gasteiger partial charge in [0.15, 0.2) is 17.5 Å². The second-order valence-electron chi connectivity index (χ2n) is 4.68. The number of aromatic nitrogens is 2. The van der Waals surface area contributed by atoms with Crippen molar-refractivity contribution in [3.05, 3.63) is 35.5 Å². The topological polar surface area (TPSA) is 56.0 Å². The van der Waals surface area contributed by atoms with Gasteiger partial charge in [0.05, 0.1) is 6.42 Å². The molecule has 7 heteroatoms. The summed E-state index contributed by atoms with van der Waals surface area (Å²) in [5.41, 5.74) is -0.0460. The molecule has 0 atom stereocenters. The Morgan fingerprint density at radius 1 is 1.25 bits per heavy atom. The molecule has 0 bridgehead atoms. The van der Waals surface area contributed by atoms with Crippen molar-refractivity contribution in [3.8, 4) is 11.4 Å². The van der Waals surface area contributed by atoms with E-state index in [4.69, 9.17) is 4.52 Å². The predicted molar refractivity (Wildman–Crippen MR) is 61.0 cm³/mol. The van der Waals surface area contributed by atoms with Gasteiger partial charge in [0, 0.05) is 11.5 Å². The summed E-state index contributed by atoms with van der Waals surface area (Å²) in [4.78, 5) is 15.5. The number of hydrogen-bond acceptors (Lipinski definition) is 4. The number of ketones is 1. The Morgan fingerprint density at radius 2 is 1.90 bits per heavy atom. The summed E-state index contributed by atoms with van der Waals surface area (Å²) >= 11 is 0. The van der Waals surface area contributed by atoms with Gasteiger partial charge in [-0.15, -0.1) is 0 Å². The van der Waals surface area contributed by atoms with Crippen LogP contribution in [0.1, 0.15) is 18.7 Å². The number of benzene rings is 1. The van der Waals surface area contributed by atoms with Crippen LogP contribution < -0.4 is 0 Å². The first-order chi connectivity index (χ1) is 9.54. The van der Waals surface area contributed by atoms with Crippen LogP contribution in [0.4, 0.5) is 13.2 Å². The lowest BCUT2D eigenvalue weighted by molar-refractivity contribution is -0.119. The molecule has 104 valence electrons. The van der Waals surface area contributed by atoms with Crippen LogP contribution in [0, 0.1) is 23.4 Å². The fourth-order valence-electron chi connectivity index (χ4n) is 1.83. The Balaban J connectivity index is 1.84. The van der Waals surface area contributed by atoms with Crippen molar-refractivity contribution in [2.45, 2.75) is 19.3 Å². The third kappa shape index (κ3) is 2.43. The third-order valence-electron chi connectivity index (χ3n) is 3.07. The highest BCUT2D eigenvalue weighted by molar-refractivity contribution is 5.84. The molecule has 1 heterocycles. The van der Waals surface area contributed by atoms with Gasteiger partial charge in [-0.3, -0.25) is 4.79 Å². The van der Waals surface area contributed by atoms with E-state index in [9.17, 15) is 18.0 Å². The highest BCUT2D eigenvalue weighted by Gasteiger charge is 2.30. The van der Waals surface area contributed by atoms with Crippen molar-refractivity contribution < 1.29 is 22.5 Å². The summed E-state index contributed by atoms with van der Waals surface area (Å²) in [7, 11) is 0. The minimum atomic E-state index is -1.55. The number of halogens is 3. The molecule has 0 unspecified atom stereocenters. The minimum Gasteiger partial charge on any atom is -0.339 e. The zero-order valence-electron chi connectivity index (χ0n) is 10.2. The lowest BCUT2D eigenvalue weighted by atomic mass is 10.2. The van der Waals surface area contributed by atoms with Crippen molar-refractivity contribution in [3.63, 3.8) is 0 Å². The van der Waals surface area contributed by atoms with Crippen LogP contribution >= 0.6 is 0 Å². The highest BCUT2D eigenvalue weighted by Crippen LogP contribution is 2.31. The SMILES string of the molecule is O=C(Cc1nc(-c2cc(F)c(F)c(F)c2)no1)C1CC1. The molecule has 0 radical (unpaired) electrons. The lowest BCUT2D eigenvalue weighted by Gasteiger charge is -1.98. The Bertz CT molecular complexity index is 657. The quantitative estimate of drug-likeness (QED) is 0.809. The zero-order valence-corrected chi connectivity index (χ0v) is 10.2. The van der Waals surface area contributed by atoms with E-state index in [0.29, 0.717) is 0 Å². The van der Waals surface area contributed by atoms with E-state index in [0.717, 1.165) is 25.0 Å². The molecule has 1 fully saturated rings. The predicted octanol–water partition coefficient (Wildman–Crippen LogP) is 2.68. The number of Topliss-reactive ketones (excluding diaryl/α,β-unsaturated/α-hetero) is 1. The molecule has 3 rings (SSSR count). The van der Waals surface area contributed by atoms with E-state index < -0.39 is 17.5 Å². The van der Waals surface area contributed by atoms with Crippen LogP contribution in [0.15, 0.2) is 16.7 Å². The fraction of sp³-hybridized carbons (Fsp3) is 0.308. The second kappa shape index (κ2) is 4.73. The van der Waals surface area contributed by atoms with E-state index in [-0.39, 0.29) is 35.4 Å². The van der Waals surface area contributed by atoms with Crippen molar-refractivity contribution in [1.29, 1.82) is 0 Å². The monoisotopic (exact) mass is 282 g/mol. The largest absolute Gasteiger partial charge is 0.339 e. The third-order valence-corrected chi connectivity index (χ3v) is 3.07. The smallest absolute Gasteiger partial charge is 0.234 e. The maximum atomic E-state index is 13.1. The molecule has 1 aliphatic rings. The number of carbonyl (C=O) groups excluding carboxylic acids is 1. The van der Waals surface area contributed by atoms with E-state index in [1.807, 2.05) is 0 Å². The van der Waals surface area contributed by atoms with E-state index in [1.54, 1.807) is 0 Å². The molecule has 20 heavy (non-hydrogen) atoms. The van der Waals surface area contributed by atoms with Crippen LogP contribution in [0.3, 0.4) is 0 Å². The minimum absolute atomic E-state index is 0.00380. The molecule has 1 aliphatic carbocycles. The fourth-order valence-corrected chi connectivity index (χ4v) is 1.83. The number of rotatable bonds is 4. The lowest BCUT2D eigenvalue weighted by Crippen LogP contribution is -2.04. The number of hydrogen-bond donors (Lipinski definition) is 0. The summed E-state index contributed by atoms with van der Waals surface area (Å²) < 4.78 is 43.9. The summed E-state index contributed by atoms with van der Waals surface area (Å²) in [6.45, 7) is 0. The molecule has 4 nitrogen and oxygen atoms in total. The Morgan fingerprint density at radius 3 is 2.50 bits per heavy atom. The Kier molecular flexibility index (Phi) is 3.04. The molecular formula is C13H9F3N2O2. The summed E-state index contributed by atoms with van der Waals surface area (Å²) in [6, 6.07) is 1.55. The van der Waals surface area contributed by atoms with Gasteiger partial charge >= 0.3 is 0 Å². The van der Waals surface area contributed by atoms with E-state index in [1.165, 1.54) is 0 Å². The molecule has 0 saturated heterocycles. The second-order valence-corrected chi connectivity index (χ2v) is 4.68. The Hall–Kier alpha value is -2.18. The molecule has 1 saturated carbocycles. The zero-order chi connectivity index (χ0) is 14.3. The summed E-state index contributed by atoms with van der Waals surface area (Å²) in [6.07, 6.45) is 1.74. The Labute approximate surface area is 111 Å². The molecule has 0 N–H and O–H groups in total. The van der Waals surface area contributed by atoms with Crippen molar-refractivity contribution in [1.82, 2.24) is 10.1 Å². The highest BCUT2D eigenvalue weighted by atomic mass is 19.2. The molecule has 2 aromatic rings. The van der Waals surface area contributed by atoms with Gasteiger partial charge in [0.25, 0.3) is 0 Å². The molecule has 0 aliphatic heterocycles.